The molecule has 0 aliphatic carbocycles. The first kappa shape index (κ1) is 14.1. The van der Waals surface area contributed by atoms with Crippen molar-refractivity contribution in [2.75, 3.05) is 13.2 Å². The van der Waals surface area contributed by atoms with Gasteiger partial charge in [0.2, 0.25) is 0 Å². The number of aliphatic hydroxyl groups is 1. The van der Waals surface area contributed by atoms with E-state index in [1.165, 1.54) is 0 Å². The van der Waals surface area contributed by atoms with Crippen LogP contribution in [0.5, 0.6) is 5.75 Å². The summed E-state index contributed by atoms with van der Waals surface area (Å²) in [5, 5.41) is 11.5. The Morgan fingerprint density at radius 2 is 2.28 bits per heavy atom. The van der Waals surface area contributed by atoms with Crippen molar-refractivity contribution in [1.29, 1.82) is 0 Å². The van der Waals surface area contributed by atoms with Crippen molar-refractivity contribution in [2.45, 2.75) is 19.4 Å². The number of carbonyl (C=O) groups is 1. The third-order valence-corrected chi connectivity index (χ3v) is 2.39. The molecule has 4 heteroatoms. The van der Waals surface area contributed by atoms with Gasteiger partial charge in [-0.3, -0.25) is 4.79 Å². The predicted molar refractivity (Wildman–Crippen MR) is 69.2 cm³/mol. The van der Waals surface area contributed by atoms with E-state index in [1.54, 1.807) is 13.0 Å². The van der Waals surface area contributed by atoms with Crippen LogP contribution in [0.4, 0.5) is 0 Å². The molecule has 0 saturated heterocycles. The van der Waals surface area contributed by atoms with Crippen LogP contribution in [0.25, 0.3) is 0 Å². The smallest absolute Gasteiger partial charge is 0.261 e. The van der Waals surface area contributed by atoms with E-state index in [0.717, 1.165) is 5.56 Å². The van der Waals surface area contributed by atoms with E-state index in [4.69, 9.17) is 16.3 Å². The number of rotatable bonds is 6. The zero-order chi connectivity index (χ0) is 13.4. The van der Waals surface area contributed by atoms with Crippen LogP contribution in [0.1, 0.15) is 12.5 Å². The molecule has 0 saturated carbocycles. The number of hydrogen-bond acceptors (Lipinski definition) is 3. The van der Waals surface area contributed by atoms with Crippen LogP contribution in [0.3, 0.4) is 0 Å². The lowest BCUT2D eigenvalue weighted by molar-refractivity contribution is -0.127. The molecule has 0 radical (unpaired) electrons. The Balaban J connectivity index is 2.66. The van der Waals surface area contributed by atoms with E-state index in [9.17, 15) is 4.79 Å². The number of benzene rings is 1. The minimum absolute atomic E-state index is 0.0397. The summed E-state index contributed by atoms with van der Waals surface area (Å²) < 4.78 is 5.57. The van der Waals surface area contributed by atoms with E-state index < -0.39 is 6.10 Å². The Hall–Kier alpha value is -1.99. The Kier molecular flexibility index (Phi) is 5.75. The number of amides is 1. The second-order valence-corrected chi connectivity index (χ2v) is 3.76. The van der Waals surface area contributed by atoms with Gasteiger partial charge in [0.25, 0.3) is 5.91 Å². The minimum Gasteiger partial charge on any atom is -0.481 e. The zero-order valence-corrected chi connectivity index (χ0v) is 10.3. The zero-order valence-electron chi connectivity index (χ0n) is 10.3. The fraction of sp³-hybridized carbons (Fsp3) is 0.357. The van der Waals surface area contributed by atoms with Gasteiger partial charge in [-0.05, 0) is 25.0 Å². The summed E-state index contributed by atoms with van der Waals surface area (Å²) in [5.41, 5.74) is 0.872. The second-order valence-electron chi connectivity index (χ2n) is 3.76. The number of hydrogen-bond donors (Lipinski definition) is 2. The molecule has 0 fully saturated rings. The van der Waals surface area contributed by atoms with E-state index >= 15 is 0 Å². The molecule has 0 spiro atoms. The lowest BCUT2D eigenvalue weighted by atomic mass is 10.1. The highest BCUT2D eigenvalue weighted by Gasteiger charge is 2.15. The van der Waals surface area contributed by atoms with Crippen molar-refractivity contribution in [3.8, 4) is 18.1 Å². The van der Waals surface area contributed by atoms with Crippen molar-refractivity contribution in [1.82, 2.24) is 5.32 Å². The highest BCUT2D eigenvalue weighted by molar-refractivity contribution is 5.80. The molecule has 1 unspecified atom stereocenters. The van der Waals surface area contributed by atoms with Gasteiger partial charge in [0.1, 0.15) is 5.75 Å². The van der Waals surface area contributed by atoms with Crippen LogP contribution in [0, 0.1) is 12.3 Å². The van der Waals surface area contributed by atoms with Gasteiger partial charge >= 0.3 is 0 Å². The number of aliphatic hydroxyl groups excluding tert-OH is 1. The maximum atomic E-state index is 11.6. The molecule has 1 aromatic carbocycles. The summed E-state index contributed by atoms with van der Waals surface area (Å²) in [6, 6.07) is 7.32. The van der Waals surface area contributed by atoms with Crippen molar-refractivity contribution < 1.29 is 14.6 Å². The number of nitrogens with one attached hydrogen (secondary N) is 1. The van der Waals surface area contributed by atoms with E-state index in [1.807, 2.05) is 18.2 Å². The van der Waals surface area contributed by atoms with Gasteiger partial charge in [-0.2, -0.15) is 0 Å². The molecule has 18 heavy (non-hydrogen) atoms. The van der Waals surface area contributed by atoms with Gasteiger partial charge in [-0.15, -0.1) is 6.42 Å². The number of terminal acetylenes is 1. The summed E-state index contributed by atoms with van der Waals surface area (Å²) in [4.78, 5) is 11.6. The summed E-state index contributed by atoms with van der Waals surface area (Å²) in [7, 11) is 0. The summed E-state index contributed by atoms with van der Waals surface area (Å²) in [5.74, 6) is 2.68. The summed E-state index contributed by atoms with van der Waals surface area (Å²) in [6.07, 6.45) is 4.93. The van der Waals surface area contributed by atoms with Crippen LogP contribution in [-0.4, -0.2) is 30.3 Å². The highest BCUT2D eigenvalue weighted by Crippen LogP contribution is 2.19. The Morgan fingerprint density at radius 3 is 2.94 bits per heavy atom. The van der Waals surface area contributed by atoms with Crippen molar-refractivity contribution in [2.24, 2.45) is 0 Å². The van der Waals surface area contributed by atoms with Crippen LogP contribution in [0.15, 0.2) is 24.3 Å². The van der Waals surface area contributed by atoms with Gasteiger partial charge in [-0.25, -0.2) is 0 Å². The molecule has 0 aromatic heterocycles. The molecule has 0 bridgehead atoms. The fourth-order valence-electron chi connectivity index (χ4n) is 1.47. The molecular weight excluding hydrogens is 230 g/mol. The van der Waals surface area contributed by atoms with Gasteiger partial charge in [0, 0.05) is 6.61 Å². The van der Waals surface area contributed by atoms with E-state index in [2.05, 4.69) is 11.2 Å². The maximum absolute atomic E-state index is 11.6. The molecule has 4 nitrogen and oxygen atoms in total. The number of para-hydroxylation sites is 1. The highest BCUT2D eigenvalue weighted by atomic mass is 16.5. The Morgan fingerprint density at radius 1 is 1.56 bits per heavy atom. The topological polar surface area (TPSA) is 58.6 Å². The first-order chi connectivity index (χ1) is 8.69. The van der Waals surface area contributed by atoms with E-state index in [-0.39, 0.29) is 19.1 Å². The monoisotopic (exact) mass is 247 g/mol. The molecule has 2 N–H and O–H groups in total. The summed E-state index contributed by atoms with van der Waals surface area (Å²) >= 11 is 0. The second kappa shape index (κ2) is 7.36. The molecule has 1 aromatic rings. The number of ether oxygens (including phenoxy) is 1. The maximum Gasteiger partial charge on any atom is 0.261 e. The lowest BCUT2D eigenvalue weighted by Gasteiger charge is -2.16. The molecule has 0 aliphatic rings. The Labute approximate surface area is 107 Å². The van der Waals surface area contributed by atoms with E-state index in [0.29, 0.717) is 12.2 Å². The standard InChI is InChI=1S/C14H17NO3/c1-3-9-15-14(17)11(2)18-13-7-5-4-6-12(13)8-10-16/h1,4-7,11,16H,8-10H2,2H3,(H,15,17). The molecule has 1 amide bonds. The van der Waals surface area contributed by atoms with Crippen LogP contribution < -0.4 is 10.1 Å². The quantitative estimate of drug-likeness (QED) is 0.729. The number of carbonyl (C=O) groups excluding carboxylic acids is 1. The van der Waals surface area contributed by atoms with Crippen molar-refractivity contribution in [3.05, 3.63) is 29.8 Å². The molecule has 1 rings (SSSR count). The molecule has 0 aliphatic heterocycles. The predicted octanol–water partition coefficient (Wildman–Crippen LogP) is 0.738. The average Bonchev–Trinajstić information content (AvgIpc) is 2.38. The largest absolute Gasteiger partial charge is 0.481 e. The molecule has 1 atom stereocenters. The minimum atomic E-state index is -0.627. The molecule has 0 heterocycles. The fourth-order valence-corrected chi connectivity index (χ4v) is 1.47. The van der Waals surface area contributed by atoms with Gasteiger partial charge in [0.15, 0.2) is 6.10 Å². The van der Waals surface area contributed by atoms with Gasteiger partial charge in [0.05, 0.1) is 6.54 Å². The van der Waals surface area contributed by atoms with Crippen LogP contribution in [-0.2, 0) is 11.2 Å². The van der Waals surface area contributed by atoms with Gasteiger partial charge in [-0.1, -0.05) is 24.1 Å². The molecule has 96 valence electrons. The molecular formula is C14H17NO3. The average molecular weight is 247 g/mol. The van der Waals surface area contributed by atoms with Crippen LogP contribution >= 0.6 is 0 Å². The Bertz CT molecular complexity index is 437. The van der Waals surface area contributed by atoms with Crippen molar-refractivity contribution >= 4 is 5.91 Å². The first-order valence-electron chi connectivity index (χ1n) is 5.75. The SMILES string of the molecule is C#CCNC(=O)C(C)Oc1ccccc1CCO. The third kappa shape index (κ3) is 4.11. The van der Waals surface area contributed by atoms with Crippen LogP contribution in [0.2, 0.25) is 0 Å². The summed E-state index contributed by atoms with van der Waals surface area (Å²) in [6.45, 7) is 1.88. The first-order valence-corrected chi connectivity index (χ1v) is 5.75. The van der Waals surface area contributed by atoms with Crippen molar-refractivity contribution in [3.63, 3.8) is 0 Å². The van der Waals surface area contributed by atoms with Gasteiger partial charge < -0.3 is 15.2 Å². The normalized spacial score (nSPS) is 11.4. The third-order valence-electron chi connectivity index (χ3n) is 2.39. The lowest BCUT2D eigenvalue weighted by Crippen LogP contribution is -2.36.